The highest BCUT2D eigenvalue weighted by Gasteiger charge is 2.50. The summed E-state index contributed by atoms with van der Waals surface area (Å²) in [5.74, 6) is -3.72. The fourth-order valence-electron chi connectivity index (χ4n) is 1.93. The predicted molar refractivity (Wildman–Crippen MR) is 48.8 cm³/mol. The van der Waals surface area contributed by atoms with Gasteiger partial charge in [-0.2, -0.15) is 13.2 Å². The summed E-state index contributed by atoms with van der Waals surface area (Å²) in [5.41, 5.74) is 0. The van der Waals surface area contributed by atoms with Crippen molar-refractivity contribution >= 4 is 5.97 Å². The van der Waals surface area contributed by atoms with Gasteiger partial charge in [-0.1, -0.05) is 0 Å². The summed E-state index contributed by atoms with van der Waals surface area (Å²) in [6.45, 7) is 0.374. The molecule has 0 bridgehead atoms. The Kier molecular flexibility index (Phi) is 3.80. The number of halogens is 3. The lowest BCUT2D eigenvalue weighted by Crippen LogP contribution is -2.38. The van der Waals surface area contributed by atoms with Crippen LogP contribution in [-0.4, -0.2) is 53.0 Å². The van der Waals surface area contributed by atoms with Gasteiger partial charge in [-0.05, 0) is 6.92 Å². The zero-order valence-electron chi connectivity index (χ0n) is 8.74. The summed E-state index contributed by atoms with van der Waals surface area (Å²) in [7, 11) is 0. The van der Waals surface area contributed by atoms with Gasteiger partial charge >= 0.3 is 12.1 Å². The first-order valence-electron chi connectivity index (χ1n) is 4.91. The molecule has 16 heavy (non-hydrogen) atoms. The molecular formula is C9H14F3NO3. The van der Waals surface area contributed by atoms with Crippen LogP contribution in [0.2, 0.25) is 0 Å². The number of alkyl halides is 3. The lowest BCUT2D eigenvalue weighted by molar-refractivity contribution is -0.183. The lowest BCUT2D eigenvalue weighted by atomic mass is 9.97. The highest BCUT2D eigenvalue weighted by atomic mass is 19.4. The zero-order chi connectivity index (χ0) is 12.5. The Morgan fingerprint density at radius 2 is 2.06 bits per heavy atom. The molecule has 2 N–H and O–H groups in total. The van der Waals surface area contributed by atoms with E-state index in [1.807, 2.05) is 0 Å². The van der Waals surface area contributed by atoms with Gasteiger partial charge in [0.2, 0.25) is 0 Å². The van der Waals surface area contributed by atoms with Crippen LogP contribution < -0.4 is 0 Å². The minimum absolute atomic E-state index is 0.0336. The van der Waals surface area contributed by atoms with Gasteiger partial charge < -0.3 is 10.2 Å². The van der Waals surface area contributed by atoms with Crippen molar-refractivity contribution in [1.82, 2.24) is 4.90 Å². The van der Waals surface area contributed by atoms with Crippen LogP contribution in [0.3, 0.4) is 0 Å². The van der Waals surface area contributed by atoms with Gasteiger partial charge in [-0.25, -0.2) is 0 Å². The van der Waals surface area contributed by atoms with Crippen molar-refractivity contribution in [3.05, 3.63) is 0 Å². The van der Waals surface area contributed by atoms with Crippen molar-refractivity contribution in [1.29, 1.82) is 0 Å². The fourth-order valence-corrected chi connectivity index (χ4v) is 1.93. The van der Waals surface area contributed by atoms with Crippen LogP contribution in [0.25, 0.3) is 0 Å². The molecule has 0 aromatic rings. The smallest absolute Gasteiger partial charge is 0.393 e. The second-order valence-corrected chi connectivity index (χ2v) is 4.06. The summed E-state index contributed by atoms with van der Waals surface area (Å²) >= 11 is 0. The van der Waals surface area contributed by atoms with Crippen LogP contribution in [0.1, 0.15) is 6.92 Å². The van der Waals surface area contributed by atoms with Crippen molar-refractivity contribution in [2.45, 2.75) is 19.1 Å². The first-order chi connectivity index (χ1) is 7.27. The number of aliphatic carboxylic acids is 1. The fraction of sp³-hybridized carbons (Fsp3) is 0.889. The van der Waals surface area contributed by atoms with Crippen molar-refractivity contribution in [3.8, 4) is 0 Å². The summed E-state index contributed by atoms with van der Waals surface area (Å²) in [5, 5.41) is 17.6. The van der Waals surface area contributed by atoms with Crippen LogP contribution >= 0.6 is 0 Å². The Hall–Kier alpha value is -0.820. The lowest BCUT2D eigenvalue weighted by Gasteiger charge is -2.21. The SMILES string of the molecule is C[C@H](C(=O)O)N1C[C@H](CO)[C@@H](C(F)(F)F)C1. The number of carbonyl (C=O) groups is 1. The Balaban J connectivity index is 2.74. The number of aliphatic hydroxyl groups excluding tert-OH is 1. The van der Waals surface area contributed by atoms with E-state index < -0.39 is 36.6 Å². The Morgan fingerprint density at radius 1 is 1.50 bits per heavy atom. The molecule has 0 unspecified atom stereocenters. The highest BCUT2D eigenvalue weighted by molar-refractivity contribution is 5.72. The molecule has 94 valence electrons. The minimum atomic E-state index is -4.39. The highest BCUT2D eigenvalue weighted by Crippen LogP contribution is 2.37. The average Bonchev–Trinajstić information content (AvgIpc) is 2.59. The van der Waals surface area contributed by atoms with E-state index in [2.05, 4.69) is 0 Å². The van der Waals surface area contributed by atoms with E-state index >= 15 is 0 Å². The molecule has 3 atom stereocenters. The molecule has 0 radical (unpaired) electrons. The third-order valence-electron chi connectivity index (χ3n) is 3.03. The Labute approximate surface area is 90.7 Å². The number of hydrogen-bond donors (Lipinski definition) is 2. The van der Waals surface area contributed by atoms with Crippen LogP contribution in [0, 0.1) is 11.8 Å². The maximum Gasteiger partial charge on any atom is 0.393 e. The van der Waals surface area contributed by atoms with E-state index in [0.29, 0.717) is 0 Å². The van der Waals surface area contributed by atoms with Gasteiger partial charge in [0, 0.05) is 25.6 Å². The minimum Gasteiger partial charge on any atom is -0.480 e. The molecule has 7 heteroatoms. The molecular weight excluding hydrogens is 227 g/mol. The van der Waals surface area contributed by atoms with Gasteiger partial charge in [0.1, 0.15) is 6.04 Å². The number of rotatable bonds is 3. The predicted octanol–water partition coefficient (Wildman–Crippen LogP) is 0.562. The standard InChI is InChI=1S/C9H14F3NO3/c1-5(8(15)16)13-2-6(4-14)7(3-13)9(10,11)12/h5-7,14H,2-4H2,1H3,(H,15,16)/t5-,6-,7+/m1/s1. The van der Waals surface area contributed by atoms with Crippen LogP contribution in [0.5, 0.6) is 0 Å². The van der Waals surface area contributed by atoms with Gasteiger partial charge in [-0.3, -0.25) is 9.69 Å². The summed E-state index contributed by atoms with van der Waals surface area (Å²) in [6.07, 6.45) is -4.39. The van der Waals surface area contributed by atoms with E-state index in [4.69, 9.17) is 10.2 Å². The van der Waals surface area contributed by atoms with Crippen molar-refractivity contribution in [3.63, 3.8) is 0 Å². The molecule has 1 saturated heterocycles. The first-order valence-corrected chi connectivity index (χ1v) is 4.91. The van der Waals surface area contributed by atoms with E-state index in [9.17, 15) is 18.0 Å². The van der Waals surface area contributed by atoms with E-state index in [-0.39, 0.29) is 13.1 Å². The monoisotopic (exact) mass is 241 g/mol. The third kappa shape index (κ3) is 2.65. The van der Waals surface area contributed by atoms with Crippen molar-refractivity contribution < 1.29 is 28.2 Å². The molecule has 0 aromatic heterocycles. The summed E-state index contributed by atoms with van der Waals surface area (Å²) in [4.78, 5) is 11.9. The molecule has 1 aliphatic heterocycles. The Morgan fingerprint density at radius 3 is 2.38 bits per heavy atom. The molecule has 1 heterocycles. The quantitative estimate of drug-likeness (QED) is 0.758. The maximum atomic E-state index is 12.6. The van der Waals surface area contributed by atoms with Gasteiger partial charge in [-0.15, -0.1) is 0 Å². The normalized spacial score (nSPS) is 29.3. The molecule has 0 aromatic carbocycles. The average molecular weight is 241 g/mol. The summed E-state index contributed by atoms with van der Waals surface area (Å²) in [6, 6.07) is -0.957. The van der Waals surface area contributed by atoms with E-state index in [1.165, 1.54) is 11.8 Å². The number of nitrogens with zero attached hydrogens (tertiary/aromatic N) is 1. The first kappa shape index (κ1) is 13.2. The maximum absolute atomic E-state index is 12.6. The number of hydrogen-bond acceptors (Lipinski definition) is 3. The molecule has 1 aliphatic rings. The third-order valence-corrected chi connectivity index (χ3v) is 3.03. The topological polar surface area (TPSA) is 60.8 Å². The van der Waals surface area contributed by atoms with E-state index in [1.54, 1.807) is 0 Å². The summed E-state index contributed by atoms with van der Waals surface area (Å²) < 4.78 is 37.7. The van der Waals surface area contributed by atoms with Gasteiger partial charge in [0.25, 0.3) is 0 Å². The van der Waals surface area contributed by atoms with Crippen LogP contribution in [0.4, 0.5) is 13.2 Å². The van der Waals surface area contributed by atoms with Crippen molar-refractivity contribution in [2.24, 2.45) is 11.8 Å². The molecule has 0 amide bonds. The molecule has 1 fully saturated rings. The number of carboxylic acid groups (broad SMARTS) is 1. The van der Waals surface area contributed by atoms with E-state index in [0.717, 1.165) is 0 Å². The molecule has 0 saturated carbocycles. The number of likely N-dealkylation sites (tertiary alicyclic amines) is 1. The largest absolute Gasteiger partial charge is 0.480 e. The zero-order valence-corrected chi connectivity index (χ0v) is 8.74. The second kappa shape index (κ2) is 4.58. The van der Waals surface area contributed by atoms with Gasteiger partial charge in [0.15, 0.2) is 0 Å². The second-order valence-electron chi connectivity index (χ2n) is 4.06. The molecule has 1 rings (SSSR count). The van der Waals surface area contributed by atoms with Gasteiger partial charge in [0.05, 0.1) is 5.92 Å². The number of carboxylic acids is 1. The van der Waals surface area contributed by atoms with Crippen molar-refractivity contribution in [2.75, 3.05) is 19.7 Å². The molecule has 0 aliphatic carbocycles. The molecule has 0 spiro atoms. The number of aliphatic hydroxyl groups is 1. The molecule has 4 nitrogen and oxygen atoms in total. The van der Waals surface area contributed by atoms with Crippen LogP contribution in [-0.2, 0) is 4.79 Å². The van der Waals surface area contributed by atoms with Crippen LogP contribution in [0.15, 0.2) is 0 Å². The Bertz CT molecular complexity index is 269.